The summed E-state index contributed by atoms with van der Waals surface area (Å²) in [6, 6.07) is 10.5. The molecule has 158 valence electrons. The molecule has 1 heterocycles. The van der Waals surface area contributed by atoms with Crippen LogP contribution in [0.4, 0.5) is 18.9 Å². The van der Waals surface area contributed by atoms with E-state index in [4.69, 9.17) is 9.47 Å². The van der Waals surface area contributed by atoms with Crippen LogP contribution in [0.25, 0.3) is 11.1 Å². The summed E-state index contributed by atoms with van der Waals surface area (Å²) >= 11 is 0. The summed E-state index contributed by atoms with van der Waals surface area (Å²) in [6.07, 6.45) is -2.14. The van der Waals surface area contributed by atoms with E-state index in [0.29, 0.717) is 5.75 Å². The van der Waals surface area contributed by atoms with E-state index in [2.05, 4.69) is 9.71 Å². The van der Waals surface area contributed by atoms with Gasteiger partial charge < -0.3 is 9.47 Å². The fraction of sp³-hybridized carbons (Fsp3) is 0.150. The third kappa shape index (κ3) is 4.48. The molecule has 1 N–H and O–H groups in total. The highest BCUT2D eigenvalue weighted by molar-refractivity contribution is 7.92. The molecule has 0 bridgehead atoms. The number of halogens is 3. The second kappa shape index (κ2) is 8.23. The number of aromatic nitrogens is 1. The number of hydrogen-bond donors (Lipinski definition) is 1. The molecule has 0 aliphatic heterocycles. The fourth-order valence-electron chi connectivity index (χ4n) is 2.83. The molecule has 3 rings (SSSR count). The topological polar surface area (TPSA) is 77.5 Å². The van der Waals surface area contributed by atoms with Gasteiger partial charge >= 0.3 is 6.18 Å². The Morgan fingerprint density at radius 2 is 1.70 bits per heavy atom. The molecule has 30 heavy (non-hydrogen) atoms. The average Bonchev–Trinajstić information content (AvgIpc) is 2.72. The SMILES string of the molecule is COc1ccc(OC)c(S(=O)(=O)Nc2cncc(-c3ccccc3C(F)(F)F)c2)c1. The third-order valence-electron chi connectivity index (χ3n) is 4.19. The van der Waals surface area contributed by atoms with Crippen LogP contribution in [0.1, 0.15) is 5.56 Å². The summed E-state index contributed by atoms with van der Waals surface area (Å²) in [7, 11) is -1.44. The van der Waals surface area contributed by atoms with E-state index in [1.807, 2.05) is 0 Å². The molecular weight excluding hydrogens is 421 g/mol. The summed E-state index contributed by atoms with van der Waals surface area (Å²) in [5, 5.41) is 0. The van der Waals surface area contributed by atoms with E-state index in [1.165, 1.54) is 69.1 Å². The van der Waals surface area contributed by atoms with Gasteiger partial charge in [-0.05, 0) is 29.8 Å². The lowest BCUT2D eigenvalue weighted by atomic mass is 10.0. The molecule has 0 fully saturated rings. The first-order valence-corrected chi connectivity index (χ1v) is 10.0. The Morgan fingerprint density at radius 1 is 0.967 bits per heavy atom. The van der Waals surface area contributed by atoms with Gasteiger partial charge in [0, 0.05) is 17.8 Å². The maximum absolute atomic E-state index is 13.3. The van der Waals surface area contributed by atoms with E-state index in [-0.39, 0.29) is 27.5 Å². The van der Waals surface area contributed by atoms with Crippen molar-refractivity contribution >= 4 is 15.7 Å². The summed E-state index contributed by atoms with van der Waals surface area (Å²) in [6.45, 7) is 0. The van der Waals surface area contributed by atoms with Crippen molar-refractivity contribution in [3.05, 3.63) is 66.5 Å². The number of pyridine rings is 1. The van der Waals surface area contributed by atoms with Gasteiger partial charge in [-0.1, -0.05) is 18.2 Å². The maximum atomic E-state index is 13.3. The van der Waals surface area contributed by atoms with Crippen LogP contribution in [0.5, 0.6) is 11.5 Å². The molecule has 0 aliphatic rings. The molecule has 1 aromatic heterocycles. The molecule has 0 radical (unpaired) electrons. The number of anilines is 1. The van der Waals surface area contributed by atoms with Crippen molar-refractivity contribution in [3.8, 4) is 22.6 Å². The minimum atomic E-state index is -4.57. The van der Waals surface area contributed by atoms with Gasteiger partial charge in [0.25, 0.3) is 10.0 Å². The Bertz CT molecular complexity index is 1160. The highest BCUT2D eigenvalue weighted by Gasteiger charge is 2.33. The number of benzene rings is 2. The minimum Gasteiger partial charge on any atom is -0.497 e. The highest BCUT2D eigenvalue weighted by atomic mass is 32.2. The Hall–Kier alpha value is -3.27. The zero-order chi connectivity index (χ0) is 21.9. The van der Waals surface area contributed by atoms with Crippen molar-refractivity contribution in [2.24, 2.45) is 0 Å². The second-order valence-corrected chi connectivity index (χ2v) is 7.78. The number of ether oxygens (including phenoxy) is 2. The first-order chi connectivity index (χ1) is 14.2. The normalized spacial score (nSPS) is 11.8. The van der Waals surface area contributed by atoms with Crippen LogP contribution in [0, 0.1) is 0 Å². The summed E-state index contributed by atoms with van der Waals surface area (Å²) < 4.78 is 78.2. The smallest absolute Gasteiger partial charge is 0.417 e. The van der Waals surface area contributed by atoms with Crippen LogP contribution < -0.4 is 14.2 Å². The predicted octanol–water partition coefficient (Wildman–Crippen LogP) is 4.59. The lowest BCUT2D eigenvalue weighted by molar-refractivity contribution is -0.137. The first kappa shape index (κ1) is 21.4. The van der Waals surface area contributed by atoms with E-state index < -0.39 is 21.8 Å². The van der Waals surface area contributed by atoms with Crippen molar-refractivity contribution in [1.29, 1.82) is 0 Å². The van der Waals surface area contributed by atoms with Crippen LogP contribution in [0.3, 0.4) is 0 Å². The second-order valence-electron chi connectivity index (χ2n) is 6.13. The number of nitrogens with zero attached hydrogens (tertiary/aromatic N) is 1. The van der Waals surface area contributed by atoms with Gasteiger partial charge in [-0.3, -0.25) is 9.71 Å². The lowest BCUT2D eigenvalue weighted by Gasteiger charge is -2.15. The molecule has 0 amide bonds. The van der Waals surface area contributed by atoms with Crippen molar-refractivity contribution in [3.63, 3.8) is 0 Å². The molecular formula is C20H17F3N2O4S. The van der Waals surface area contributed by atoms with E-state index in [9.17, 15) is 21.6 Å². The standard InChI is InChI=1S/C20H17F3N2O4S/c1-28-15-7-8-18(29-2)19(10-15)30(26,27)25-14-9-13(11-24-12-14)16-5-3-4-6-17(16)20(21,22)23/h3-12,25H,1-2H3. The van der Waals surface area contributed by atoms with Crippen molar-refractivity contribution in [1.82, 2.24) is 4.98 Å². The van der Waals surface area contributed by atoms with Crippen LogP contribution in [-0.4, -0.2) is 27.6 Å². The van der Waals surface area contributed by atoms with Gasteiger partial charge in [0.15, 0.2) is 0 Å². The Morgan fingerprint density at radius 3 is 2.37 bits per heavy atom. The predicted molar refractivity (Wildman–Crippen MR) is 105 cm³/mol. The largest absolute Gasteiger partial charge is 0.497 e. The van der Waals surface area contributed by atoms with E-state index >= 15 is 0 Å². The molecule has 0 aliphatic carbocycles. The number of nitrogens with one attached hydrogen (secondary N) is 1. The molecule has 6 nitrogen and oxygen atoms in total. The quantitative estimate of drug-likeness (QED) is 0.609. The third-order valence-corrected chi connectivity index (χ3v) is 5.60. The van der Waals surface area contributed by atoms with Gasteiger partial charge in [-0.25, -0.2) is 8.42 Å². The Kier molecular flexibility index (Phi) is 5.88. The van der Waals surface area contributed by atoms with E-state index in [0.717, 1.165) is 6.07 Å². The number of alkyl halides is 3. The molecule has 0 spiro atoms. The van der Waals surface area contributed by atoms with Gasteiger partial charge in [-0.15, -0.1) is 0 Å². The van der Waals surface area contributed by atoms with Crippen LogP contribution >= 0.6 is 0 Å². The molecule has 3 aromatic rings. The van der Waals surface area contributed by atoms with Gasteiger partial charge in [0.05, 0.1) is 31.7 Å². The number of methoxy groups -OCH3 is 2. The minimum absolute atomic E-state index is 0.00523. The molecule has 0 unspecified atom stereocenters. The monoisotopic (exact) mass is 438 g/mol. The van der Waals surface area contributed by atoms with Crippen molar-refractivity contribution in [2.75, 3.05) is 18.9 Å². The first-order valence-electron chi connectivity index (χ1n) is 8.52. The summed E-state index contributed by atoms with van der Waals surface area (Å²) in [5.74, 6) is 0.372. The summed E-state index contributed by atoms with van der Waals surface area (Å²) in [4.78, 5) is 3.70. The average molecular weight is 438 g/mol. The van der Waals surface area contributed by atoms with Crippen molar-refractivity contribution < 1.29 is 31.1 Å². The number of sulfonamides is 1. The van der Waals surface area contributed by atoms with Crippen LogP contribution in [-0.2, 0) is 16.2 Å². The zero-order valence-corrected chi connectivity index (χ0v) is 16.7. The van der Waals surface area contributed by atoms with Crippen molar-refractivity contribution in [2.45, 2.75) is 11.1 Å². The van der Waals surface area contributed by atoms with E-state index in [1.54, 1.807) is 0 Å². The molecule has 10 heteroatoms. The van der Waals surface area contributed by atoms with Crippen LogP contribution in [0.15, 0.2) is 65.8 Å². The number of rotatable bonds is 6. The molecule has 0 saturated carbocycles. The highest BCUT2D eigenvalue weighted by Crippen LogP contribution is 2.37. The molecule has 0 atom stereocenters. The van der Waals surface area contributed by atoms with Gasteiger partial charge in [0.1, 0.15) is 16.4 Å². The summed E-state index contributed by atoms with van der Waals surface area (Å²) in [5.41, 5.74) is -0.853. The zero-order valence-electron chi connectivity index (χ0n) is 15.9. The lowest BCUT2D eigenvalue weighted by Crippen LogP contribution is -2.14. The maximum Gasteiger partial charge on any atom is 0.417 e. The van der Waals surface area contributed by atoms with Crippen LogP contribution in [0.2, 0.25) is 0 Å². The van der Waals surface area contributed by atoms with Gasteiger partial charge in [-0.2, -0.15) is 13.2 Å². The Balaban J connectivity index is 2.01. The molecule has 2 aromatic carbocycles. The fourth-order valence-corrected chi connectivity index (χ4v) is 4.05. The number of hydrogen-bond acceptors (Lipinski definition) is 5. The van der Waals surface area contributed by atoms with Gasteiger partial charge in [0.2, 0.25) is 0 Å². The Labute approximate surface area is 171 Å². The molecule has 0 saturated heterocycles.